The lowest BCUT2D eigenvalue weighted by atomic mass is 10.1. The Bertz CT molecular complexity index is 1880. The highest BCUT2D eigenvalue weighted by Crippen LogP contribution is 2.26. The average molecular weight is 655 g/mol. The molecule has 0 amide bonds. The van der Waals surface area contributed by atoms with Gasteiger partial charge in [0.05, 0.1) is 11.2 Å². The Balaban J connectivity index is 0.00000480. The van der Waals surface area contributed by atoms with E-state index in [1.807, 2.05) is 36.9 Å². The summed E-state index contributed by atoms with van der Waals surface area (Å²) >= 11 is 0. The van der Waals surface area contributed by atoms with Crippen LogP contribution in [0.1, 0.15) is 48.2 Å². The van der Waals surface area contributed by atoms with E-state index in [9.17, 15) is 24.3 Å². The molecule has 0 unspecified atom stereocenters. The summed E-state index contributed by atoms with van der Waals surface area (Å²) in [6.45, 7) is 10.1. The normalized spacial score (nSPS) is 13.5. The zero-order valence-corrected chi connectivity index (χ0v) is 27.1. The minimum absolute atomic E-state index is 0. The van der Waals surface area contributed by atoms with Crippen LogP contribution in [0.5, 0.6) is 0 Å². The standard InChI is InChI=1S/C33H39FN6O5.ClH/c1-4-22-16-23(9-8-21(22)3)35-29-19-30(41)40(33(45)36-29)11-7-6-10-37-12-14-39(15-13-37)28-18-27-24(17-26(28)34)31(42)25(32(43)44)20-38(27)5-2;/h8-9,16-20,35H,4-7,10-15H2,1-3H3,(H,36,45)(H,43,44);1H. The Morgan fingerprint density at radius 2 is 1.72 bits per heavy atom. The summed E-state index contributed by atoms with van der Waals surface area (Å²) in [7, 11) is 0. The smallest absolute Gasteiger partial charge is 0.341 e. The lowest BCUT2D eigenvalue weighted by Gasteiger charge is -2.36. The Hall–Kier alpha value is -4.42. The van der Waals surface area contributed by atoms with Crippen LogP contribution in [0.3, 0.4) is 0 Å². The average Bonchev–Trinajstić information content (AvgIpc) is 3.01. The van der Waals surface area contributed by atoms with Crippen LogP contribution in [-0.2, 0) is 19.5 Å². The van der Waals surface area contributed by atoms with Crippen LogP contribution in [0.15, 0.2) is 57.0 Å². The van der Waals surface area contributed by atoms with Crippen LogP contribution in [0.4, 0.5) is 21.6 Å². The summed E-state index contributed by atoms with van der Waals surface area (Å²) in [5.41, 5.74) is 2.20. The lowest BCUT2D eigenvalue weighted by Crippen LogP contribution is -2.47. The third-order valence-corrected chi connectivity index (χ3v) is 8.57. The summed E-state index contributed by atoms with van der Waals surface area (Å²) in [6, 6.07) is 10.1. The predicted octanol–water partition coefficient (Wildman–Crippen LogP) is 4.35. The van der Waals surface area contributed by atoms with Crippen molar-refractivity contribution in [1.82, 2.24) is 19.0 Å². The number of fused-ring (bicyclic) bond motifs is 1. The van der Waals surface area contributed by atoms with Crippen molar-refractivity contribution in [1.29, 1.82) is 0 Å². The van der Waals surface area contributed by atoms with E-state index < -0.39 is 22.9 Å². The number of aryl methyl sites for hydroxylation is 3. The van der Waals surface area contributed by atoms with Gasteiger partial charge in [0.25, 0.3) is 5.56 Å². The van der Waals surface area contributed by atoms with Crippen molar-refractivity contribution in [3.05, 3.63) is 96.2 Å². The predicted molar refractivity (Wildman–Crippen MR) is 181 cm³/mol. The molecule has 1 aliphatic rings. The third-order valence-electron chi connectivity index (χ3n) is 8.57. The molecule has 3 heterocycles. The number of rotatable bonds is 11. The van der Waals surface area contributed by atoms with E-state index in [-0.39, 0.29) is 28.9 Å². The van der Waals surface area contributed by atoms with E-state index in [2.05, 4.69) is 22.1 Å². The second kappa shape index (κ2) is 14.8. The number of aromatic amines is 1. The van der Waals surface area contributed by atoms with Gasteiger partial charge in [-0.1, -0.05) is 13.0 Å². The van der Waals surface area contributed by atoms with Crippen LogP contribution >= 0.6 is 12.4 Å². The quantitative estimate of drug-likeness (QED) is 0.204. The molecule has 0 bridgehead atoms. The van der Waals surface area contributed by atoms with Gasteiger partial charge in [-0.3, -0.25) is 24.0 Å². The van der Waals surface area contributed by atoms with E-state index in [4.69, 9.17) is 0 Å². The van der Waals surface area contributed by atoms with Crippen LogP contribution < -0.4 is 26.9 Å². The molecule has 0 atom stereocenters. The van der Waals surface area contributed by atoms with Crippen LogP contribution in [0.25, 0.3) is 10.9 Å². The van der Waals surface area contributed by atoms with Gasteiger partial charge >= 0.3 is 11.7 Å². The van der Waals surface area contributed by atoms with Crippen molar-refractivity contribution >= 4 is 46.5 Å². The van der Waals surface area contributed by atoms with E-state index in [0.717, 1.165) is 31.1 Å². The highest BCUT2D eigenvalue weighted by molar-refractivity contribution is 5.93. The Morgan fingerprint density at radius 1 is 1.00 bits per heavy atom. The number of nitrogens with one attached hydrogen (secondary N) is 2. The van der Waals surface area contributed by atoms with Gasteiger partial charge in [-0.15, -0.1) is 12.4 Å². The molecule has 0 aliphatic carbocycles. The van der Waals surface area contributed by atoms with Crippen molar-refractivity contribution < 1.29 is 14.3 Å². The molecule has 0 spiro atoms. The molecular weight excluding hydrogens is 615 g/mol. The van der Waals surface area contributed by atoms with Gasteiger partial charge in [0, 0.05) is 62.6 Å². The Morgan fingerprint density at radius 3 is 2.37 bits per heavy atom. The first-order valence-corrected chi connectivity index (χ1v) is 15.4. The molecule has 4 aromatic rings. The fourth-order valence-corrected chi connectivity index (χ4v) is 5.96. The van der Waals surface area contributed by atoms with Gasteiger partial charge in [0.2, 0.25) is 5.43 Å². The van der Waals surface area contributed by atoms with Crippen molar-refractivity contribution in [2.75, 3.05) is 42.9 Å². The third kappa shape index (κ3) is 7.34. The van der Waals surface area contributed by atoms with E-state index in [1.165, 1.54) is 28.0 Å². The molecule has 11 nitrogen and oxygen atoms in total. The summed E-state index contributed by atoms with van der Waals surface area (Å²) < 4.78 is 18.1. The zero-order valence-electron chi connectivity index (χ0n) is 26.3. The molecule has 5 rings (SSSR count). The highest BCUT2D eigenvalue weighted by atomic mass is 35.5. The van der Waals surface area contributed by atoms with Gasteiger partial charge in [-0.05, 0) is 75.0 Å². The number of benzene rings is 2. The number of hydrogen-bond acceptors (Lipinski definition) is 7. The fraction of sp³-hybridized carbons (Fsp3) is 0.394. The molecule has 2 aromatic carbocycles. The van der Waals surface area contributed by atoms with Crippen molar-refractivity contribution in [2.45, 2.75) is 53.1 Å². The highest BCUT2D eigenvalue weighted by Gasteiger charge is 2.22. The van der Waals surface area contributed by atoms with Crippen LogP contribution in [-0.4, -0.2) is 62.8 Å². The van der Waals surface area contributed by atoms with Gasteiger partial charge in [0.15, 0.2) is 0 Å². The first-order chi connectivity index (χ1) is 21.6. The number of aromatic carboxylic acids is 1. The summed E-state index contributed by atoms with van der Waals surface area (Å²) in [6.07, 6.45) is 3.64. The Labute approximate surface area is 271 Å². The van der Waals surface area contributed by atoms with Gasteiger partial charge in [-0.25, -0.2) is 14.0 Å². The number of H-pyrrole nitrogens is 1. The minimum Gasteiger partial charge on any atom is -0.477 e. The molecule has 2 aromatic heterocycles. The van der Waals surface area contributed by atoms with Crippen molar-refractivity contribution in [3.8, 4) is 0 Å². The number of pyridine rings is 1. The number of carboxylic acid groups (broad SMARTS) is 1. The van der Waals surface area contributed by atoms with E-state index in [1.54, 1.807) is 10.6 Å². The Kier molecular flexibility index (Phi) is 11.1. The first-order valence-electron chi connectivity index (χ1n) is 15.4. The molecule has 13 heteroatoms. The largest absolute Gasteiger partial charge is 0.477 e. The summed E-state index contributed by atoms with van der Waals surface area (Å²) in [5, 5.41) is 12.6. The maximum atomic E-state index is 15.2. The fourth-order valence-electron chi connectivity index (χ4n) is 5.96. The van der Waals surface area contributed by atoms with Crippen LogP contribution in [0.2, 0.25) is 0 Å². The number of unbranched alkanes of at least 4 members (excludes halogenated alkanes) is 1. The second-order valence-electron chi connectivity index (χ2n) is 11.4. The lowest BCUT2D eigenvalue weighted by molar-refractivity contribution is 0.0695. The molecule has 0 radical (unpaired) electrons. The van der Waals surface area contributed by atoms with E-state index >= 15 is 4.39 Å². The maximum absolute atomic E-state index is 15.2. The molecule has 1 fully saturated rings. The molecule has 3 N–H and O–H groups in total. The molecular formula is C33H40ClFN6O5. The molecule has 46 heavy (non-hydrogen) atoms. The van der Waals surface area contributed by atoms with Crippen molar-refractivity contribution in [2.24, 2.45) is 0 Å². The molecule has 1 aliphatic heterocycles. The first kappa shape index (κ1) is 34.5. The molecule has 246 valence electrons. The van der Waals surface area contributed by atoms with Gasteiger partial charge in [-0.2, -0.15) is 0 Å². The number of carbonyl (C=O) groups is 1. The zero-order chi connectivity index (χ0) is 32.2. The van der Waals surface area contributed by atoms with Crippen LogP contribution in [0, 0.1) is 12.7 Å². The molecule has 1 saturated heterocycles. The number of nitrogens with zero attached hydrogens (tertiary/aromatic N) is 4. The number of hydrogen-bond donors (Lipinski definition) is 3. The second-order valence-corrected chi connectivity index (χ2v) is 11.4. The summed E-state index contributed by atoms with van der Waals surface area (Å²) in [4.78, 5) is 56.5. The maximum Gasteiger partial charge on any atom is 0.341 e. The summed E-state index contributed by atoms with van der Waals surface area (Å²) in [5.74, 6) is -1.53. The SMILES string of the molecule is CCc1cc(Nc2cc(=O)n(CCCCN3CCN(c4cc5c(cc4F)c(=O)c(C(=O)O)cn5CC)CC3)c(=O)[nH]2)ccc1C.Cl. The number of piperazine rings is 1. The molecule has 0 saturated carbocycles. The number of halogens is 2. The van der Waals surface area contributed by atoms with Gasteiger partial charge in [0.1, 0.15) is 17.2 Å². The number of aromatic nitrogens is 3. The number of carboxylic acids is 1. The topological polar surface area (TPSA) is 133 Å². The monoisotopic (exact) mass is 654 g/mol. The minimum atomic E-state index is -1.34. The number of anilines is 3. The van der Waals surface area contributed by atoms with Gasteiger partial charge < -0.3 is 19.9 Å². The van der Waals surface area contributed by atoms with Crippen molar-refractivity contribution in [3.63, 3.8) is 0 Å². The van der Waals surface area contributed by atoms with E-state index in [0.29, 0.717) is 62.7 Å².